The van der Waals surface area contributed by atoms with Crippen molar-refractivity contribution in [2.45, 2.75) is 46.3 Å². The van der Waals surface area contributed by atoms with E-state index in [1.54, 1.807) is 7.11 Å². The maximum absolute atomic E-state index is 6.23. The summed E-state index contributed by atoms with van der Waals surface area (Å²) in [7, 11) is 1.79. The van der Waals surface area contributed by atoms with Crippen LogP contribution in [0.4, 0.5) is 11.5 Å². The second-order valence-corrected chi connectivity index (χ2v) is 5.85. The molecule has 0 radical (unpaired) electrons. The van der Waals surface area contributed by atoms with Crippen LogP contribution in [-0.2, 0) is 4.74 Å². The summed E-state index contributed by atoms with van der Waals surface area (Å²) in [6.07, 6.45) is 1.39. The minimum atomic E-state index is 0.268. The van der Waals surface area contributed by atoms with Gasteiger partial charge in [-0.2, -0.15) is 5.10 Å². The van der Waals surface area contributed by atoms with Crippen molar-refractivity contribution >= 4 is 11.5 Å². The smallest absolute Gasteiger partial charge is 0.151 e. The Morgan fingerprint density at radius 2 is 2.11 bits per heavy atom. The molecule has 0 bridgehead atoms. The summed E-state index contributed by atoms with van der Waals surface area (Å²) in [5, 5.41) is 4.56. The van der Waals surface area contributed by atoms with Gasteiger partial charge in [0.05, 0.1) is 17.5 Å². The van der Waals surface area contributed by atoms with E-state index in [2.05, 4.69) is 30.8 Å². The summed E-state index contributed by atoms with van der Waals surface area (Å²) in [6.45, 7) is 10.4. The van der Waals surface area contributed by atoms with Gasteiger partial charge in [0.1, 0.15) is 0 Å². The van der Waals surface area contributed by atoms with Crippen LogP contribution in [0, 0.1) is 12.8 Å². The highest BCUT2D eigenvalue weighted by Crippen LogP contribution is 2.32. The largest absolute Gasteiger partial charge is 0.394 e. The molecular weight excluding hydrogens is 240 g/mol. The second-order valence-electron chi connectivity index (χ2n) is 5.85. The highest BCUT2D eigenvalue weighted by molar-refractivity contribution is 5.66. The summed E-state index contributed by atoms with van der Waals surface area (Å²) in [5.41, 5.74) is 7.94. The molecule has 2 unspecified atom stereocenters. The van der Waals surface area contributed by atoms with Gasteiger partial charge in [0.25, 0.3) is 0 Å². The van der Waals surface area contributed by atoms with Gasteiger partial charge in [-0.25, -0.2) is 4.68 Å². The number of piperidine rings is 1. The Kier molecular flexibility index (Phi) is 4.04. The third-order valence-corrected chi connectivity index (χ3v) is 4.09. The number of rotatable bonds is 3. The summed E-state index contributed by atoms with van der Waals surface area (Å²) in [6, 6.07) is 0.311. The molecule has 0 saturated carbocycles. The standard InChI is InChI=1S/C14H26N4O/c1-9(2)18-14(13(15)11(4)16-18)17-7-6-10(3)12(8-17)19-5/h9-10,12H,6-8,15H2,1-5H3. The van der Waals surface area contributed by atoms with Crippen molar-refractivity contribution in [3.8, 4) is 0 Å². The summed E-state index contributed by atoms with van der Waals surface area (Å²) >= 11 is 0. The molecule has 5 heteroatoms. The van der Waals surface area contributed by atoms with E-state index in [4.69, 9.17) is 10.5 Å². The number of aryl methyl sites for hydroxylation is 1. The van der Waals surface area contributed by atoms with E-state index < -0.39 is 0 Å². The summed E-state index contributed by atoms with van der Waals surface area (Å²) in [4.78, 5) is 2.32. The molecule has 1 aromatic rings. The Labute approximate surface area is 115 Å². The first-order valence-electron chi connectivity index (χ1n) is 7.08. The Bertz CT molecular complexity index is 441. The number of hydrogen-bond donors (Lipinski definition) is 1. The lowest BCUT2D eigenvalue weighted by Gasteiger charge is -2.38. The number of anilines is 2. The Hall–Kier alpha value is -1.23. The summed E-state index contributed by atoms with van der Waals surface area (Å²) in [5.74, 6) is 1.65. The van der Waals surface area contributed by atoms with Crippen molar-refractivity contribution in [2.75, 3.05) is 30.8 Å². The normalized spacial score (nSPS) is 24.2. The van der Waals surface area contributed by atoms with Crippen molar-refractivity contribution in [3.63, 3.8) is 0 Å². The van der Waals surface area contributed by atoms with Gasteiger partial charge in [0.15, 0.2) is 5.82 Å². The van der Waals surface area contributed by atoms with Crippen molar-refractivity contribution in [1.82, 2.24) is 9.78 Å². The summed E-state index contributed by atoms with van der Waals surface area (Å²) < 4.78 is 7.63. The van der Waals surface area contributed by atoms with Crippen LogP contribution in [0.5, 0.6) is 0 Å². The van der Waals surface area contributed by atoms with E-state index >= 15 is 0 Å². The molecular formula is C14H26N4O. The lowest BCUT2D eigenvalue weighted by atomic mass is 9.96. The Balaban J connectivity index is 2.31. The monoisotopic (exact) mass is 266 g/mol. The van der Waals surface area contributed by atoms with Gasteiger partial charge < -0.3 is 15.4 Å². The molecule has 0 aliphatic carbocycles. The van der Waals surface area contributed by atoms with E-state index in [1.165, 1.54) is 0 Å². The van der Waals surface area contributed by atoms with Gasteiger partial charge >= 0.3 is 0 Å². The fourth-order valence-electron chi connectivity index (χ4n) is 2.76. The fourth-order valence-corrected chi connectivity index (χ4v) is 2.76. The number of aromatic nitrogens is 2. The number of nitrogens with two attached hydrogens (primary N) is 1. The molecule has 0 spiro atoms. The van der Waals surface area contributed by atoms with Gasteiger partial charge in [0.2, 0.25) is 0 Å². The highest BCUT2D eigenvalue weighted by Gasteiger charge is 2.30. The first-order chi connectivity index (χ1) is 8.95. The molecule has 19 heavy (non-hydrogen) atoms. The maximum Gasteiger partial charge on any atom is 0.151 e. The average Bonchev–Trinajstić information content (AvgIpc) is 2.67. The van der Waals surface area contributed by atoms with Gasteiger partial charge in [0, 0.05) is 26.2 Å². The van der Waals surface area contributed by atoms with Crippen LogP contribution in [0.15, 0.2) is 0 Å². The van der Waals surface area contributed by atoms with Crippen LogP contribution < -0.4 is 10.6 Å². The fraction of sp³-hybridized carbons (Fsp3) is 0.786. The van der Waals surface area contributed by atoms with Crippen molar-refractivity contribution < 1.29 is 4.74 Å². The van der Waals surface area contributed by atoms with Gasteiger partial charge in [-0.15, -0.1) is 0 Å². The van der Waals surface area contributed by atoms with Gasteiger partial charge in [-0.3, -0.25) is 0 Å². The van der Waals surface area contributed by atoms with Crippen LogP contribution in [0.3, 0.4) is 0 Å². The van der Waals surface area contributed by atoms with E-state index in [0.717, 1.165) is 36.7 Å². The molecule has 1 fully saturated rings. The zero-order valence-corrected chi connectivity index (χ0v) is 12.7. The van der Waals surface area contributed by atoms with Crippen LogP contribution in [-0.4, -0.2) is 36.1 Å². The number of nitrogen functional groups attached to an aromatic ring is 1. The number of ether oxygens (including phenoxy) is 1. The molecule has 0 aromatic carbocycles. The molecule has 1 aliphatic rings. The molecule has 2 rings (SSSR count). The lowest BCUT2D eigenvalue weighted by molar-refractivity contribution is 0.0494. The zero-order valence-electron chi connectivity index (χ0n) is 12.7. The predicted octanol–water partition coefficient (Wildman–Crippen LogP) is 2.22. The third kappa shape index (κ3) is 2.56. The molecule has 2 heterocycles. The zero-order chi connectivity index (χ0) is 14.2. The van der Waals surface area contributed by atoms with Gasteiger partial charge in [-0.1, -0.05) is 6.92 Å². The molecule has 5 nitrogen and oxygen atoms in total. The topological polar surface area (TPSA) is 56.3 Å². The van der Waals surface area contributed by atoms with Gasteiger partial charge in [-0.05, 0) is 33.1 Å². The van der Waals surface area contributed by atoms with E-state index in [-0.39, 0.29) is 6.10 Å². The van der Waals surface area contributed by atoms with Crippen LogP contribution in [0.2, 0.25) is 0 Å². The van der Waals surface area contributed by atoms with E-state index in [0.29, 0.717) is 12.0 Å². The van der Waals surface area contributed by atoms with Crippen molar-refractivity contribution in [2.24, 2.45) is 5.92 Å². The van der Waals surface area contributed by atoms with Crippen molar-refractivity contribution in [1.29, 1.82) is 0 Å². The Morgan fingerprint density at radius 3 is 2.68 bits per heavy atom. The first kappa shape index (κ1) is 14.2. The molecule has 108 valence electrons. The average molecular weight is 266 g/mol. The minimum Gasteiger partial charge on any atom is -0.394 e. The molecule has 0 amide bonds. The Morgan fingerprint density at radius 1 is 1.42 bits per heavy atom. The number of methoxy groups -OCH3 is 1. The van der Waals surface area contributed by atoms with E-state index in [1.807, 2.05) is 11.6 Å². The number of nitrogens with zero attached hydrogens (tertiary/aromatic N) is 3. The highest BCUT2D eigenvalue weighted by atomic mass is 16.5. The quantitative estimate of drug-likeness (QED) is 0.911. The molecule has 1 aromatic heterocycles. The SMILES string of the molecule is COC1CN(c2c(N)c(C)nn2C(C)C)CCC1C. The van der Waals surface area contributed by atoms with Crippen LogP contribution in [0.1, 0.15) is 38.9 Å². The molecule has 1 saturated heterocycles. The lowest BCUT2D eigenvalue weighted by Crippen LogP contribution is -2.45. The van der Waals surface area contributed by atoms with Crippen molar-refractivity contribution in [3.05, 3.63) is 5.69 Å². The molecule has 1 aliphatic heterocycles. The third-order valence-electron chi connectivity index (χ3n) is 4.09. The molecule has 2 atom stereocenters. The minimum absolute atomic E-state index is 0.268. The molecule has 2 N–H and O–H groups in total. The van der Waals surface area contributed by atoms with Crippen LogP contribution in [0.25, 0.3) is 0 Å². The predicted molar refractivity (Wildman–Crippen MR) is 78.6 cm³/mol. The number of hydrogen-bond acceptors (Lipinski definition) is 4. The second kappa shape index (κ2) is 5.41. The first-order valence-corrected chi connectivity index (χ1v) is 7.08. The van der Waals surface area contributed by atoms with E-state index in [9.17, 15) is 0 Å². The van der Waals surface area contributed by atoms with Crippen LogP contribution >= 0.6 is 0 Å². The maximum atomic E-state index is 6.23.